The van der Waals surface area contributed by atoms with Crippen molar-refractivity contribution in [3.8, 4) is 17.0 Å². The molecule has 1 aromatic heterocycles. The Morgan fingerprint density at radius 2 is 1.76 bits per heavy atom. The smallest absolute Gasteiger partial charge is 0.256 e. The van der Waals surface area contributed by atoms with Crippen LogP contribution in [-0.2, 0) is 4.79 Å². The lowest BCUT2D eigenvalue weighted by molar-refractivity contribution is -0.117. The molecule has 3 rings (SSSR count). The van der Waals surface area contributed by atoms with Gasteiger partial charge in [-0.3, -0.25) is 9.59 Å². The lowest BCUT2D eigenvalue weighted by Crippen LogP contribution is -2.33. The molecule has 25 heavy (non-hydrogen) atoms. The van der Waals surface area contributed by atoms with Gasteiger partial charge in [0, 0.05) is 10.9 Å². The van der Waals surface area contributed by atoms with E-state index in [9.17, 15) is 9.59 Å². The van der Waals surface area contributed by atoms with E-state index in [0.29, 0.717) is 27.9 Å². The second-order valence-electron chi connectivity index (χ2n) is 5.40. The maximum atomic E-state index is 12.7. The molecule has 0 unspecified atom stereocenters. The second-order valence-corrected chi connectivity index (χ2v) is 5.40. The molecular weight excluding hydrogens is 318 g/mol. The van der Waals surface area contributed by atoms with Gasteiger partial charge in [0.15, 0.2) is 5.75 Å². The van der Waals surface area contributed by atoms with Crippen molar-refractivity contribution >= 4 is 22.7 Å². The van der Waals surface area contributed by atoms with E-state index < -0.39 is 11.8 Å². The molecule has 0 saturated heterocycles. The van der Waals surface area contributed by atoms with Crippen molar-refractivity contribution < 1.29 is 14.3 Å². The number of amides is 2. The molecular formula is C19H17N3O3. The minimum Gasteiger partial charge on any atom is -0.494 e. The molecule has 0 atom stereocenters. The summed E-state index contributed by atoms with van der Waals surface area (Å²) in [5.74, 6) is -0.702. The predicted octanol–water partition coefficient (Wildman–Crippen LogP) is 2.13. The van der Waals surface area contributed by atoms with Crippen LogP contribution in [0.4, 0.5) is 0 Å². The molecule has 0 radical (unpaired) electrons. The van der Waals surface area contributed by atoms with Crippen LogP contribution in [0.1, 0.15) is 10.4 Å². The maximum Gasteiger partial charge on any atom is 0.256 e. The van der Waals surface area contributed by atoms with E-state index in [0.717, 1.165) is 5.56 Å². The van der Waals surface area contributed by atoms with Crippen molar-refractivity contribution in [3.05, 3.63) is 60.2 Å². The Bertz CT molecular complexity index is 939. The fourth-order valence-corrected chi connectivity index (χ4v) is 2.67. The summed E-state index contributed by atoms with van der Waals surface area (Å²) in [6.45, 7) is -0.251. The Kier molecular flexibility index (Phi) is 4.61. The number of ether oxygens (including phenoxy) is 1. The number of nitrogens with zero attached hydrogens (tertiary/aromatic N) is 1. The number of pyridine rings is 1. The lowest BCUT2D eigenvalue weighted by Gasteiger charge is -2.15. The molecule has 0 aliphatic rings. The Morgan fingerprint density at radius 3 is 2.44 bits per heavy atom. The van der Waals surface area contributed by atoms with Gasteiger partial charge in [-0.05, 0) is 6.07 Å². The van der Waals surface area contributed by atoms with Crippen LogP contribution in [0.2, 0.25) is 0 Å². The van der Waals surface area contributed by atoms with Crippen LogP contribution < -0.4 is 15.8 Å². The van der Waals surface area contributed by atoms with Gasteiger partial charge >= 0.3 is 0 Å². The number of aromatic nitrogens is 1. The predicted molar refractivity (Wildman–Crippen MR) is 95.3 cm³/mol. The molecule has 0 spiro atoms. The summed E-state index contributed by atoms with van der Waals surface area (Å²) in [4.78, 5) is 28.4. The van der Waals surface area contributed by atoms with E-state index >= 15 is 0 Å². The molecule has 2 aromatic carbocycles. The van der Waals surface area contributed by atoms with Crippen molar-refractivity contribution in [1.82, 2.24) is 10.3 Å². The summed E-state index contributed by atoms with van der Waals surface area (Å²) in [6.07, 6.45) is 0. The SMILES string of the molecule is COc1c(-c2ccccc2)nc2ccccc2c1C(=O)NCC(N)=O. The van der Waals surface area contributed by atoms with E-state index in [2.05, 4.69) is 10.3 Å². The molecule has 1 heterocycles. The van der Waals surface area contributed by atoms with Crippen molar-refractivity contribution in [2.45, 2.75) is 0 Å². The summed E-state index contributed by atoms with van der Waals surface area (Å²) in [5, 5.41) is 3.16. The van der Waals surface area contributed by atoms with Crippen molar-refractivity contribution in [1.29, 1.82) is 0 Å². The minimum atomic E-state index is -0.617. The third-order valence-electron chi connectivity index (χ3n) is 3.75. The Morgan fingerprint density at radius 1 is 1.08 bits per heavy atom. The van der Waals surface area contributed by atoms with Gasteiger partial charge in [0.2, 0.25) is 5.91 Å². The average Bonchev–Trinajstić information content (AvgIpc) is 2.65. The van der Waals surface area contributed by atoms with Gasteiger partial charge in [-0.2, -0.15) is 0 Å². The summed E-state index contributed by atoms with van der Waals surface area (Å²) in [5.41, 5.74) is 7.50. The number of carbonyl (C=O) groups is 2. The first-order valence-corrected chi connectivity index (χ1v) is 7.70. The molecule has 0 bridgehead atoms. The number of rotatable bonds is 5. The monoisotopic (exact) mass is 335 g/mol. The third-order valence-corrected chi connectivity index (χ3v) is 3.75. The number of hydrogen-bond donors (Lipinski definition) is 2. The van der Waals surface area contributed by atoms with Crippen molar-refractivity contribution in [2.24, 2.45) is 5.73 Å². The first kappa shape index (κ1) is 16.4. The van der Waals surface area contributed by atoms with Crippen LogP contribution in [0.25, 0.3) is 22.2 Å². The number of hydrogen-bond acceptors (Lipinski definition) is 4. The van der Waals surface area contributed by atoms with Crippen LogP contribution in [-0.4, -0.2) is 30.5 Å². The minimum absolute atomic E-state index is 0.251. The first-order chi connectivity index (χ1) is 12.1. The molecule has 2 amide bonds. The molecule has 126 valence electrons. The van der Waals surface area contributed by atoms with Crippen LogP contribution in [0.3, 0.4) is 0 Å². The number of benzene rings is 2. The highest BCUT2D eigenvalue weighted by Crippen LogP contribution is 2.36. The molecule has 0 saturated carbocycles. The number of nitrogens with one attached hydrogen (secondary N) is 1. The highest BCUT2D eigenvalue weighted by Gasteiger charge is 2.22. The Hall–Kier alpha value is -3.41. The van der Waals surface area contributed by atoms with Crippen LogP contribution in [0.15, 0.2) is 54.6 Å². The normalized spacial score (nSPS) is 10.4. The zero-order valence-corrected chi connectivity index (χ0v) is 13.7. The summed E-state index contributed by atoms with van der Waals surface area (Å²) in [7, 11) is 1.49. The Balaban J connectivity index is 2.25. The average molecular weight is 335 g/mol. The molecule has 0 fully saturated rings. The summed E-state index contributed by atoms with van der Waals surface area (Å²) >= 11 is 0. The molecule has 0 aliphatic carbocycles. The van der Waals surface area contributed by atoms with Crippen LogP contribution in [0, 0.1) is 0 Å². The second kappa shape index (κ2) is 7.00. The quantitative estimate of drug-likeness (QED) is 0.747. The standard InChI is InChI=1S/C19H17N3O3/c1-25-18-16(19(24)21-11-15(20)23)13-9-5-6-10-14(13)22-17(18)12-7-3-2-4-8-12/h2-10H,11H2,1H3,(H2,20,23)(H,21,24). The molecule has 6 heteroatoms. The van der Waals surface area contributed by atoms with E-state index in [1.165, 1.54) is 7.11 Å². The maximum absolute atomic E-state index is 12.7. The van der Waals surface area contributed by atoms with E-state index in [1.807, 2.05) is 48.5 Å². The number of para-hydroxylation sites is 1. The van der Waals surface area contributed by atoms with E-state index in [-0.39, 0.29) is 6.54 Å². The number of nitrogens with two attached hydrogens (primary N) is 1. The number of carbonyl (C=O) groups excluding carboxylic acids is 2. The first-order valence-electron chi connectivity index (χ1n) is 7.70. The zero-order valence-electron chi connectivity index (χ0n) is 13.7. The van der Waals surface area contributed by atoms with Gasteiger partial charge in [0.1, 0.15) is 5.69 Å². The van der Waals surface area contributed by atoms with Crippen molar-refractivity contribution in [3.63, 3.8) is 0 Å². The van der Waals surface area contributed by atoms with E-state index in [1.54, 1.807) is 6.07 Å². The Labute approximate surface area is 144 Å². The van der Waals surface area contributed by atoms with Crippen LogP contribution >= 0.6 is 0 Å². The van der Waals surface area contributed by atoms with Gasteiger partial charge in [-0.1, -0.05) is 48.5 Å². The molecule has 0 aliphatic heterocycles. The molecule has 6 nitrogen and oxygen atoms in total. The largest absolute Gasteiger partial charge is 0.494 e. The lowest BCUT2D eigenvalue weighted by atomic mass is 10.0. The van der Waals surface area contributed by atoms with Gasteiger partial charge in [0.25, 0.3) is 5.91 Å². The number of primary amides is 1. The number of methoxy groups -OCH3 is 1. The fourth-order valence-electron chi connectivity index (χ4n) is 2.67. The van der Waals surface area contributed by atoms with Gasteiger partial charge < -0.3 is 15.8 Å². The zero-order chi connectivity index (χ0) is 17.8. The van der Waals surface area contributed by atoms with Gasteiger partial charge in [-0.25, -0.2) is 4.98 Å². The summed E-state index contributed by atoms with van der Waals surface area (Å²) < 4.78 is 5.53. The molecule has 3 aromatic rings. The van der Waals surface area contributed by atoms with Crippen LogP contribution in [0.5, 0.6) is 5.75 Å². The van der Waals surface area contributed by atoms with Gasteiger partial charge in [-0.15, -0.1) is 0 Å². The van der Waals surface area contributed by atoms with E-state index in [4.69, 9.17) is 10.5 Å². The topological polar surface area (TPSA) is 94.3 Å². The molecule has 3 N–H and O–H groups in total. The third kappa shape index (κ3) is 3.28. The number of fused-ring (bicyclic) bond motifs is 1. The highest BCUT2D eigenvalue weighted by atomic mass is 16.5. The highest BCUT2D eigenvalue weighted by molar-refractivity contribution is 6.11. The fraction of sp³-hybridized carbons (Fsp3) is 0.105. The van der Waals surface area contributed by atoms with Gasteiger partial charge in [0.05, 0.1) is 24.7 Å². The van der Waals surface area contributed by atoms with Crippen molar-refractivity contribution in [2.75, 3.05) is 13.7 Å². The summed E-state index contributed by atoms with van der Waals surface area (Å²) in [6, 6.07) is 16.7.